The summed E-state index contributed by atoms with van der Waals surface area (Å²) in [5.41, 5.74) is 3.22. The van der Waals surface area contributed by atoms with E-state index < -0.39 is 9.84 Å². The minimum Gasteiger partial charge on any atom is -0.379 e. The number of carbonyl (C=O) groups is 1. The zero-order chi connectivity index (χ0) is 27.7. The second-order valence-electron chi connectivity index (χ2n) is 11.4. The molecule has 0 unspecified atom stereocenters. The number of hydrogen-bond acceptors (Lipinski definition) is 8. The molecule has 2 aromatic rings. The lowest BCUT2D eigenvalue weighted by molar-refractivity contribution is 0.0294. The molecular formula is C29H41N5O5S. The highest BCUT2D eigenvalue weighted by atomic mass is 32.2. The van der Waals surface area contributed by atoms with Gasteiger partial charge in [-0.25, -0.2) is 8.42 Å². The molecule has 40 heavy (non-hydrogen) atoms. The van der Waals surface area contributed by atoms with Gasteiger partial charge in [-0.3, -0.25) is 19.3 Å². The summed E-state index contributed by atoms with van der Waals surface area (Å²) >= 11 is 0. The van der Waals surface area contributed by atoms with Gasteiger partial charge in [-0.2, -0.15) is 5.10 Å². The molecule has 1 aromatic heterocycles. The predicted octanol–water partition coefficient (Wildman–Crippen LogP) is 2.23. The monoisotopic (exact) mass is 571 g/mol. The fourth-order valence-electron chi connectivity index (χ4n) is 6.65. The van der Waals surface area contributed by atoms with Crippen molar-refractivity contribution in [3.05, 3.63) is 35.0 Å². The van der Waals surface area contributed by atoms with Crippen molar-refractivity contribution in [2.45, 2.75) is 49.3 Å². The third kappa shape index (κ3) is 5.46. The van der Waals surface area contributed by atoms with Crippen LogP contribution < -0.4 is 0 Å². The number of sulfone groups is 1. The number of aromatic nitrogens is 2. The molecule has 10 nitrogen and oxygen atoms in total. The van der Waals surface area contributed by atoms with E-state index in [0.717, 1.165) is 83.0 Å². The average molecular weight is 572 g/mol. The van der Waals surface area contributed by atoms with Crippen molar-refractivity contribution in [2.24, 2.45) is 0 Å². The Morgan fingerprint density at radius 1 is 1.00 bits per heavy atom. The summed E-state index contributed by atoms with van der Waals surface area (Å²) in [4.78, 5) is 20.9. The van der Waals surface area contributed by atoms with Gasteiger partial charge >= 0.3 is 0 Å². The third-order valence-electron chi connectivity index (χ3n) is 8.69. The zero-order valence-electron chi connectivity index (χ0n) is 23.5. The summed E-state index contributed by atoms with van der Waals surface area (Å²) in [5.74, 6) is -0.378. The van der Waals surface area contributed by atoms with E-state index >= 15 is 0 Å². The van der Waals surface area contributed by atoms with E-state index in [-0.39, 0.29) is 23.4 Å². The van der Waals surface area contributed by atoms with Crippen LogP contribution >= 0.6 is 0 Å². The van der Waals surface area contributed by atoms with E-state index in [9.17, 15) is 13.2 Å². The van der Waals surface area contributed by atoms with Crippen LogP contribution in [0.25, 0.3) is 11.3 Å². The second-order valence-corrected chi connectivity index (χ2v) is 13.3. The van der Waals surface area contributed by atoms with E-state index in [1.54, 1.807) is 4.90 Å². The van der Waals surface area contributed by atoms with Crippen molar-refractivity contribution in [3.8, 4) is 11.3 Å². The minimum absolute atomic E-state index is 0.0712. The molecule has 1 aromatic carbocycles. The topological polar surface area (TPSA) is 97.2 Å². The zero-order valence-corrected chi connectivity index (χ0v) is 24.3. The predicted molar refractivity (Wildman–Crippen MR) is 151 cm³/mol. The molecule has 218 valence electrons. The number of piperidine rings is 1. The number of nitrogens with zero attached hydrogens (tertiary/aromatic N) is 5. The number of fused-ring (bicyclic) bond motifs is 3. The number of carbonyl (C=O) groups excluding carboxylic acids is 1. The van der Waals surface area contributed by atoms with Crippen LogP contribution in [-0.2, 0) is 31.5 Å². The summed E-state index contributed by atoms with van der Waals surface area (Å²) < 4.78 is 40.5. The Balaban J connectivity index is 1.37. The maximum Gasteiger partial charge on any atom is 0.274 e. The number of morpholine rings is 2. The van der Waals surface area contributed by atoms with E-state index in [2.05, 4.69) is 16.7 Å². The van der Waals surface area contributed by atoms with Gasteiger partial charge in [0.25, 0.3) is 5.91 Å². The van der Waals surface area contributed by atoms with Gasteiger partial charge in [0.1, 0.15) is 0 Å². The summed E-state index contributed by atoms with van der Waals surface area (Å²) in [7, 11) is -3.62. The van der Waals surface area contributed by atoms with Crippen molar-refractivity contribution >= 4 is 15.7 Å². The van der Waals surface area contributed by atoms with Crippen molar-refractivity contribution < 1.29 is 22.7 Å². The normalized spacial score (nSPS) is 23.5. The lowest BCUT2D eigenvalue weighted by atomic mass is 9.99. The van der Waals surface area contributed by atoms with Crippen LogP contribution in [0, 0.1) is 0 Å². The average Bonchev–Trinajstić information content (AvgIpc) is 3.35. The molecule has 3 saturated heterocycles. The molecule has 0 bridgehead atoms. The van der Waals surface area contributed by atoms with Gasteiger partial charge in [0.2, 0.25) is 0 Å². The standard InChI is InChI=1S/C29H41N5O5S/c1-2-5-22-6-3-8-24-27-25(21-40(36,37)28(22)24)26(29(35)33-14-18-39-19-15-33)30-34(27)23-7-4-9-32(20-23)11-10-31-12-16-38-17-13-31/h3,6,8,23H,2,4-5,7,9-21H2,1H3/t23-/m0/s1. The van der Waals surface area contributed by atoms with Gasteiger partial charge in [-0.05, 0) is 31.4 Å². The highest BCUT2D eigenvalue weighted by molar-refractivity contribution is 7.91. The third-order valence-corrected chi connectivity index (χ3v) is 10.5. The molecule has 11 heteroatoms. The lowest BCUT2D eigenvalue weighted by Gasteiger charge is -2.36. The first kappa shape index (κ1) is 27.8. The smallest absolute Gasteiger partial charge is 0.274 e. The second kappa shape index (κ2) is 11.9. The first-order chi connectivity index (χ1) is 19.5. The van der Waals surface area contributed by atoms with Crippen LogP contribution in [0.5, 0.6) is 0 Å². The Kier molecular flexibility index (Phi) is 8.28. The Morgan fingerprint density at radius 2 is 1.73 bits per heavy atom. The van der Waals surface area contributed by atoms with E-state index in [4.69, 9.17) is 14.6 Å². The first-order valence-electron chi connectivity index (χ1n) is 14.8. The molecule has 0 N–H and O–H groups in total. The van der Waals surface area contributed by atoms with Crippen LogP contribution in [0.4, 0.5) is 0 Å². The molecule has 6 rings (SSSR count). The van der Waals surface area contributed by atoms with Crippen LogP contribution in [0.15, 0.2) is 23.1 Å². The first-order valence-corrected chi connectivity index (χ1v) is 16.5. The van der Waals surface area contributed by atoms with E-state index in [1.807, 2.05) is 22.9 Å². The van der Waals surface area contributed by atoms with Gasteiger partial charge in [0.15, 0.2) is 15.5 Å². The Morgan fingerprint density at radius 3 is 2.48 bits per heavy atom. The molecule has 0 spiro atoms. The maximum absolute atomic E-state index is 13.8. The SMILES string of the molecule is CCCc1cccc2c1S(=O)(=O)Cc1c(C(=O)N3CCOCC3)nn([C@H]3CCCN(CCN4CCOCC4)C3)c1-2. The van der Waals surface area contributed by atoms with Gasteiger partial charge < -0.3 is 14.4 Å². The summed E-state index contributed by atoms with van der Waals surface area (Å²) in [6.07, 6.45) is 3.55. The Hall–Kier alpha value is -2.31. The molecule has 1 amide bonds. The molecular weight excluding hydrogens is 530 g/mol. The van der Waals surface area contributed by atoms with Crippen LogP contribution in [0.1, 0.15) is 53.8 Å². The Labute approximate surface area is 237 Å². The number of hydrogen-bond donors (Lipinski definition) is 0. The minimum atomic E-state index is -3.62. The molecule has 4 aliphatic heterocycles. The van der Waals surface area contributed by atoms with Gasteiger partial charge in [0.05, 0.1) is 48.8 Å². The summed E-state index contributed by atoms with van der Waals surface area (Å²) in [6.45, 7) is 11.4. The van der Waals surface area contributed by atoms with Crippen LogP contribution in [0.2, 0.25) is 0 Å². The number of aryl methyl sites for hydroxylation is 1. The van der Waals surface area contributed by atoms with Crippen molar-refractivity contribution in [1.82, 2.24) is 24.5 Å². The quantitative estimate of drug-likeness (QED) is 0.499. The molecule has 1 atom stereocenters. The molecule has 0 aliphatic carbocycles. The summed E-state index contributed by atoms with van der Waals surface area (Å²) in [6, 6.07) is 5.86. The molecule has 4 aliphatic rings. The highest BCUT2D eigenvalue weighted by Crippen LogP contribution is 2.43. The number of likely N-dealkylation sites (tertiary alicyclic amines) is 1. The molecule has 0 radical (unpaired) electrons. The molecule has 5 heterocycles. The Bertz CT molecular complexity index is 1330. The highest BCUT2D eigenvalue weighted by Gasteiger charge is 2.40. The lowest BCUT2D eigenvalue weighted by Crippen LogP contribution is -2.44. The fourth-order valence-corrected chi connectivity index (χ4v) is 8.52. The van der Waals surface area contributed by atoms with Crippen molar-refractivity contribution in [1.29, 1.82) is 0 Å². The van der Waals surface area contributed by atoms with E-state index in [1.165, 1.54) is 0 Å². The maximum atomic E-state index is 13.8. The summed E-state index contributed by atoms with van der Waals surface area (Å²) in [5, 5.41) is 4.98. The molecule has 0 saturated carbocycles. The number of amides is 1. The van der Waals surface area contributed by atoms with Crippen LogP contribution in [0.3, 0.4) is 0 Å². The van der Waals surface area contributed by atoms with E-state index in [0.29, 0.717) is 48.7 Å². The molecule has 3 fully saturated rings. The van der Waals surface area contributed by atoms with Gasteiger partial charge in [-0.1, -0.05) is 31.5 Å². The van der Waals surface area contributed by atoms with Crippen molar-refractivity contribution in [2.75, 3.05) is 78.8 Å². The van der Waals surface area contributed by atoms with Crippen molar-refractivity contribution in [3.63, 3.8) is 0 Å². The fraction of sp³-hybridized carbons (Fsp3) is 0.655. The van der Waals surface area contributed by atoms with Crippen LogP contribution in [-0.4, -0.2) is 118 Å². The number of benzene rings is 1. The van der Waals surface area contributed by atoms with Gasteiger partial charge in [0, 0.05) is 56.9 Å². The number of rotatable bonds is 7. The van der Waals surface area contributed by atoms with Gasteiger partial charge in [-0.15, -0.1) is 0 Å². The largest absolute Gasteiger partial charge is 0.379 e. The number of ether oxygens (including phenoxy) is 2.